The average molecular weight is 394 g/mol. The molecule has 2 aromatic heterocycles. The van der Waals surface area contributed by atoms with Crippen molar-refractivity contribution in [3.8, 4) is 11.5 Å². The van der Waals surface area contributed by atoms with Crippen LogP contribution < -0.4 is 5.73 Å². The summed E-state index contributed by atoms with van der Waals surface area (Å²) in [5.41, 5.74) is 7.28. The van der Waals surface area contributed by atoms with Crippen molar-refractivity contribution in [1.29, 1.82) is 0 Å². The number of amides is 1. The standard InChI is InChI=1S/C16H23N3O2S.2ClH/c1-11-13(18-15(21-11)12-5-6-22-8-12)7-14(20)19(4)10-16(2,3)9-17;;/h5-6,8H,7,9-10,17H2,1-4H3;2*1H. The Labute approximate surface area is 159 Å². The molecule has 0 aliphatic rings. The molecule has 0 saturated carbocycles. The van der Waals surface area contributed by atoms with Crippen LogP contribution in [0, 0.1) is 12.3 Å². The van der Waals surface area contributed by atoms with E-state index in [1.807, 2.05) is 37.6 Å². The van der Waals surface area contributed by atoms with Gasteiger partial charge < -0.3 is 15.1 Å². The zero-order chi connectivity index (χ0) is 16.3. The van der Waals surface area contributed by atoms with Crippen molar-refractivity contribution < 1.29 is 9.21 Å². The summed E-state index contributed by atoms with van der Waals surface area (Å²) in [5.74, 6) is 1.29. The van der Waals surface area contributed by atoms with Crippen LogP contribution in [0.4, 0.5) is 0 Å². The van der Waals surface area contributed by atoms with Gasteiger partial charge in [-0.25, -0.2) is 4.98 Å². The number of aromatic nitrogens is 1. The Kier molecular flexibility index (Phi) is 8.99. The molecule has 0 fully saturated rings. The van der Waals surface area contributed by atoms with E-state index in [-0.39, 0.29) is 42.6 Å². The molecule has 0 saturated heterocycles. The first kappa shape index (κ1) is 22.9. The molecule has 0 atom stereocenters. The molecule has 2 rings (SSSR count). The lowest BCUT2D eigenvalue weighted by Gasteiger charge is -2.28. The van der Waals surface area contributed by atoms with E-state index in [9.17, 15) is 4.79 Å². The van der Waals surface area contributed by atoms with Crippen molar-refractivity contribution >= 4 is 42.1 Å². The molecule has 0 radical (unpaired) electrons. The molecule has 5 nitrogen and oxygen atoms in total. The number of nitrogens with zero attached hydrogens (tertiary/aromatic N) is 2. The van der Waals surface area contributed by atoms with E-state index in [2.05, 4.69) is 4.98 Å². The van der Waals surface area contributed by atoms with Gasteiger partial charge in [-0.05, 0) is 30.3 Å². The van der Waals surface area contributed by atoms with Crippen molar-refractivity contribution in [1.82, 2.24) is 9.88 Å². The SMILES string of the molecule is Cc1oc(-c2ccsc2)nc1CC(=O)N(C)CC(C)(C)CN.Cl.Cl. The number of hydrogen-bond donors (Lipinski definition) is 1. The van der Waals surface area contributed by atoms with Crippen molar-refractivity contribution in [2.24, 2.45) is 11.1 Å². The number of thiophene rings is 1. The summed E-state index contributed by atoms with van der Waals surface area (Å²) >= 11 is 1.59. The van der Waals surface area contributed by atoms with Gasteiger partial charge in [-0.1, -0.05) is 13.8 Å². The van der Waals surface area contributed by atoms with Gasteiger partial charge in [-0.3, -0.25) is 4.79 Å². The van der Waals surface area contributed by atoms with E-state index >= 15 is 0 Å². The van der Waals surface area contributed by atoms with E-state index in [1.165, 1.54) is 0 Å². The fourth-order valence-electron chi connectivity index (χ4n) is 2.17. The Morgan fingerprint density at radius 1 is 1.42 bits per heavy atom. The lowest BCUT2D eigenvalue weighted by atomic mass is 9.93. The number of aryl methyl sites for hydroxylation is 1. The Bertz CT molecular complexity index is 642. The van der Waals surface area contributed by atoms with Crippen molar-refractivity contribution in [2.45, 2.75) is 27.2 Å². The number of halogens is 2. The fourth-order valence-corrected chi connectivity index (χ4v) is 2.80. The number of hydrogen-bond acceptors (Lipinski definition) is 5. The third-order valence-electron chi connectivity index (χ3n) is 3.62. The number of likely N-dealkylation sites (N-methyl/N-ethyl adjacent to an activating group) is 1. The van der Waals surface area contributed by atoms with Gasteiger partial charge in [0.1, 0.15) is 5.76 Å². The van der Waals surface area contributed by atoms with Gasteiger partial charge in [-0.2, -0.15) is 11.3 Å². The average Bonchev–Trinajstić information content (AvgIpc) is 3.08. The quantitative estimate of drug-likeness (QED) is 0.814. The van der Waals surface area contributed by atoms with Gasteiger partial charge in [-0.15, -0.1) is 24.8 Å². The summed E-state index contributed by atoms with van der Waals surface area (Å²) in [5, 5.41) is 3.95. The van der Waals surface area contributed by atoms with Crippen LogP contribution in [-0.2, 0) is 11.2 Å². The highest BCUT2D eigenvalue weighted by Gasteiger charge is 2.23. The monoisotopic (exact) mass is 393 g/mol. The van der Waals surface area contributed by atoms with Crippen molar-refractivity contribution in [3.05, 3.63) is 28.3 Å². The minimum atomic E-state index is -0.0921. The normalized spacial score (nSPS) is 10.7. The maximum absolute atomic E-state index is 12.4. The molecule has 0 aliphatic heterocycles. The van der Waals surface area contributed by atoms with Gasteiger partial charge in [0.15, 0.2) is 0 Å². The van der Waals surface area contributed by atoms with Crippen LogP contribution in [-0.4, -0.2) is 35.9 Å². The predicted molar refractivity (Wildman–Crippen MR) is 103 cm³/mol. The Balaban J connectivity index is 0.00000264. The van der Waals surface area contributed by atoms with Gasteiger partial charge in [0.05, 0.1) is 12.1 Å². The van der Waals surface area contributed by atoms with Gasteiger partial charge >= 0.3 is 0 Å². The molecule has 0 unspecified atom stereocenters. The molecule has 2 heterocycles. The third kappa shape index (κ3) is 5.77. The maximum Gasteiger partial charge on any atom is 0.228 e. The fraction of sp³-hybridized carbons (Fsp3) is 0.500. The predicted octanol–water partition coefficient (Wildman–Crippen LogP) is 3.54. The van der Waals surface area contributed by atoms with Crippen LogP contribution in [0.2, 0.25) is 0 Å². The minimum absolute atomic E-state index is 0. The number of carbonyl (C=O) groups excluding carboxylic acids is 1. The maximum atomic E-state index is 12.4. The summed E-state index contributed by atoms with van der Waals surface area (Å²) in [6.07, 6.45) is 0.247. The van der Waals surface area contributed by atoms with Gasteiger partial charge in [0.2, 0.25) is 11.8 Å². The van der Waals surface area contributed by atoms with Crippen molar-refractivity contribution in [3.63, 3.8) is 0 Å². The highest BCUT2D eigenvalue weighted by Crippen LogP contribution is 2.24. The number of rotatable bonds is 6. The molecule has 0 bridgehead atoms. The first-order valence-electron chi connectivity index (χ1n) is 7.25. The highest BCUT2D eigenvalue weighted by molar-refractivity contribution is 7.08. The molecule has 136 valence electrons. The number of carbonyl (C=O) groups is 1. The molecule has 24 heavy (non-hydrogen) atoms. The summed E-state index contributed by atoms with van der Waals surface area (Å²) < 4.78 is 5.67. The van der Waals surface area contributed by atoms with Crippen molar-refractivity contribution in [2.75, 3.05) is 20.1 Å². The first-order valence-corrected chi connectivity index (χ1v) is 8.19. The summed E-state index contributed by atoms with van der Waals surface area (Å²) in [6.45, 7) is 7.10. The topological polar surface area (TPSA) is 72.4 Å². The molecule has 2 aromatic rings. The number of nitrogens with two attached hydrogens (primary N) is 1. The lowest BCUT2D eigenvalue weighted by Crippen LogP contribution is -2.40. The van der Waals surface area contributed by atoms with Crippen LogP contribution in [0.25, 0.3) is 11.5 Å². The molecular formula is C16H25Cl2N3O2S. The molecule has 8 heteroatoms. The van der Waals surface area contributed by atoms with Gasteiger partial charge in [0, 0.05) is 24.5 Å². The Hall–Kier alpha value is -1.08. The molecule has 1 amide bonds. The second kappa shape index (κ2) is 9.42. The summed E-state index contributed by atoms with van der Waals surface area (Å²) in [6, 6.07) is 1.96. The van der Waals surface area contributed by atoms with E-state index in [4.69, 9.17) is 10.2 Å². The van der Waals surface area contributed by atoms with E-state index in [0.717, 1.165) is 5.56 Å². The second-order valence-corrected chi connectivity index (χ2v) is 7.11. The van der Waals surface area contributed by atoms with Crippen LogP contribution in [0.15, 0.2) is 21.2 Å². The smallest absolute Gasteiger partial charge is 0.228 e. The number of oxazole rings is 1. The second-order valence-electron chi connectivity index (χ2n) is 6.33. The Morgan fingerprint density at radius 2 is 2.08 bits per heavy atom. The molecule has 0 spiro atoms. The lowest BCUT2D eigenvalue weighted by molar-refractivity contribution is -0.130. The zero-order valence-electron chi connectivity index (χ0n) is 14.4. The first-order chi connectivity index (χ1) is 10.3. The van der Waals surface area contributed by atoms with Crippen LogP contribution in [0.5, 0.6) is 0 Å². The third-order valence-corrected chi connectivity index (χ3v) is 4.31. The molecule has 0 aliphatic carbocycles. The highest BCUT2D eigenvalue weighted by atomic mass is 35.5. The summed E-state index contributed by atoms with van der Waals surface area (Å²) in [4.78, 5) is 18.5. The van der Waals surface area contributed by atoms with E-state index in [0.29, 0.717) is 30.4 Å². The largest absolute Gasteiger partial charge is 0.441 e. The molecule has 0 aromatic carbocycles. The van der Waals surface area contributed by atoms with Crippen LogP contribution >= 0.6 is 36.2 Å². The zero-order valence-corrected chi connectivity index (χ0v) is 16.8. The van der Waals surface area contributed by atoms with E-state index in [1.54, 1.807) is 23.3 Å². The molecule has 2 N–H and O–H groups in total. The van der Waals surface area contributed by atoms with E-state index < -0.39 is 0 Å². The molecular weight excluding hydrogens is 369 g/mol. The Morgan fingerprint density at radius 3 is 2.62 bits per heavy atom. The van der Waals surface area contributed by atoms with Crippen LogP contribution in [0.1, 0.15) is 25.3 Å². The minimum Gasteiger partial charge on any atom is -0.441 e. The van der Waals surface area contributed by atoms with Gasteiger partial charge in [0.25, 0.3) is 0 Å². The summed E-state index contributed by atoms with van der Waals surface area (Å²) in [7, 11) is 1.80. The van der Waals surface area contributed by atoms with Crippen LogP contribution in [0.3, 0.4) is 0 Å².